The van der Waals surface area contributed by atoms with Crippen LogP contribution in [0, 0.1) is 0 Å². The molecule has 26 heavy (non-hydrogen) atoms. The minimum atomic E-state index is -3.46. The molecule has 0 aliphatic carbocycles. The molecule has 7 nitrogen and oxygen atoms in total. The summed E-state index contributed by atoms with van der Waals surface area (Å²) in [7, 11) is 3.27. The summed E-state index contributed by atoms with van der Waals surface area (Å²) in [6, 6.07) is 9.72. The summed E-state index contributed by atoms with van der Waals surface area (Å²) in [5.41, 5.74) is 1.28. The second-order valence-corrected chi connectivity index (χ2v) is 8.50. The molecule has 1 atom stereocenters. The van der Waals surface area contributed by atoms with Crippen LogP contribution in [0.25, 0.3) is 0 Å². The van der Waals surface area contributed by atoms with Gasteiger partial charge >= 0.3 is 0 Å². The molecule has 1 aromatic carbocycles. The fourth-order valence-electron chi connectivity index (χ4n) is 2.29. The molecular formula is C18H24N4O3S. The van der Waals surface area contributed by atoms with E-state index in [-0.39, 0.29) is 16.8 Å². The summed E-state index contributed by atoms with van der Waals surface area (Å²) < 4.78 is 25.4. The Hall–Kier alpha value is -2.45. The summed E-state index contributed by atoms with van der Waals surface area (Å²) in [5, 5.41) is 2.89. The van der Waals surface area contributed by atoms with Crippen LogP contribution < -0.4 is 10.2 Å². The smallest absolute Gasteiger partial charge is 0.253 e. The Bertz CT molecular complexity index is 860. The van der Waals surface area contributed by atoms with Crippen molar-refractivity contribution < 1.29 is 13.2 Å². The zero-order valence-electron chi connectivity index (χ0n) is 15.6. The van der Waals surface area contributed by atoms with E-state index in [4.69, 9.17) is 0 Å². The van der Waals surface area contributed by atoms with Crippen molar-refractivity contribution in [2.45, 2.75) is 17.9 Å². The van der Waals surface area contributed by atoms with Crippen molar-refractivity contribution >= 4 is 21.7 Å². The van der Waals surface area contributed by atoms with Crippen molar-refractivity contribution in [3.05, 3.63) is 53.7 Å². The van der Waals surface area contributed by atoms with E-state index in [0.29, 0.717) is 5.56 Å². The second-order valence-electron chi connectivity index (χ2n) is 6.35. The first-order chi connectivity index (χ1) is 12.1. The number of carbonyl (C=O) groups is 1. The van der Waals surface area contributed by atoms with Gasteiger partial charge in [0.15, 0.2) is 0 Å². The normalized spacial score (nSPS) is 12.7. The number of amides is 1. The summed E-state index contributed by atoms with van der Waals surface area (Å²) >= 11 is 0. The topological polar surface area (TPSA) is 82.6 Å². The maximum atomic E-state index is 12.4. The Morgan fingerprint density at radius 1 is 1.04 bits per heavy atom. The van der Waals surface area contributed by atoms with Crippen molar-refractivity contribution in [2.24, 2.45) is 0 Å². The Labute approximate surface area is 154 Å². The second kappa shape index (κ2) is 7.84. The van der Waals surface area contributed by atoms with Gasteiger partial charge < -0.3 is 10.2 Å². The Balaban J connectivity index is 2.09. The van der Waals surface area contributed by atoms with E-state index in [1.54, 1.807) is 36.4 Å². The minimum absolute atomic E-state index is 0.216. The summed E-state index contributed by atoms with van der Waals surface area (Å²) in [6.45, 7) is 1.84. The third-order valence-corrected chi connectivity index (χ3v) is 5.80. The molecule has 0 bridgehead atoms. The molecule has 1 heterocycles. The van der Waals surface area contributed by atoms with Crippen LogP contribution in [0.15, 0.2) is 47.5 Å². The lowest BCUT2D eigenvalue weighted by Gasteiger charge is -2.16. The van der Waals surface area contributed by atoms with Crippen LogP contribution in [0.5, 0.6) is 0 Å². The Morgan fingerprint density at radius 3 is 2.12 bits per heavy atom. The molecule has 0 fully saturated rings. The fraction of sp³-hybridized carbons (Fsp3) is 0.333. The average Bonchev–Trinajstić information content (AvgIpc) is 2.61. The van der Waals surface area contributed by atoms with Crippen molar-refractivity contribution in [1.82, 2.24) is 14.6 Å². The molecule has 0 spiro atoms. The highest BCUT2D eigenvalue weighted by Gasteiger charge is 2.18. The van der Waals surface area contributed by atoms with Gasteiger partial charge in [-0.1, -0.05) is 12.1 Å². The van der Waals surface area contributed by atoms with Gasteiger partial charge in [0.25, 0.3) is 5.91 Å². The molecule has 1 unspecified atom stereocenters. The van der Waals surface area contributed by atoms with Gasteiger partial charge in [-0.25, -0.2) is 17.7 Å². The van der Waals surface area contributed by atoms with E-state index in [0.717, 1.165) is 15.7 Å². The van der Waals surface area contributed by atoms with Crippen LogP contribution in [-0.2, 0) is 10.0 Å². The highest BCUT2D eigenvalue weighted by Crippen LogP contribution is 2.18. The van der Waals surface area contributed by atoms with Crippen LogP contribution in [0.4, 0.5) is 5.82 Å². The van der Waals surface area contributed by atoms with E-state index >= 15 is 0 Å². The number of rotatable bonds is 6. The van der Waals surface area contributed by atoms with E-state index in [1.807, 2.05) is 25.9 Å². The molecule has 0 saturated heterocycles. The maximum absolute atomic E-state index is 12.4. The number of sulfonamides is 1. The zero-order chi connectivity index (χ0) is 19.5. The molecule has 0 saturated carbocycles. The first-order valence-electron chi connectivity index (χ1n) is 8.09. The van der Waals surface area contributed by atoms with Crippen LogP contribution in [0.3, 0.4) is 0 Å². The number of carbonyl (C=O) groups excluding carboxylic acids is 1. The average molecular weight is 376 g/mol. The number of pyridine rings is 1. The van der Waals surface area contributed by atoms with E-state index in [2.05, 4.69) is 10.3 Å². The summed E-state index contributed by atoms with van der Waals surface area (Å²) in [6.07, 6.45) is 1.53. The molecular weight excluding hydrogens is 352 g/mol. The van der Waals surface area contributed by atoms with Crippen molar-refractivity contribution in [1.29, 1.82) is 0 Å². The molecule has 140 valence electrons. The van der Waals surface area contributed by atoms with Crippen LogP contribution in [0.2, 0.25) is 0 Å². The molecule has 0 aliphatic heterocycles. The van der Waals surface area contributed by atoms with Crippen LogP contribution in [-0.4, -0.2) is 51.8 Å². The van der Waals surface area contributed by atoms with E-state index in [9.17, 15) is 13.2 Å². The lowest BCUT2D eigenvalue weighted by atomic mass is 10.1. The van der Waals surface area contributed by atoms with Gasteiger partial charge in [-0.05, 0) is 36.8 Å². The zero-order valence-corrected chi connectivity index (χ0v) is 16.4. The maximum Gasteiger partial charge on any atom is 0.253 e. The van der Waals surface area contributed by atoms with Crippen LogP contribution in [0.1, 0.15) is 28.9 Å². The van der Waals surface area contributed by atoms with Gasteiger partial charge in [0, 0.05) is 34.4 Å². The van der Waals surface area contributed by atoms with E-state index < -0.39 is 10.0 Å². The predicted octanol–water partition coefficient (Wildman–Crippen LogP) is 1.89. The molecule has 2 rings (SSSR count). The van der Waals surface area contributed by atoms with Crippen LogP contribution >= 0.6 is 0 Å². The first-order valence-corrected chi connectivity index (χ1v) is 9.53. The number of nitrogens with one attached hydrogen (secondary N) is 1. The molecule has 0 radical (unpaired) electrons. The lowest BCUT2D eigenvalue weighted by molar-refractivity contribution is 0.0939. The van der Waals surface area contributed by atoms with E-state index in [1.165, 1.54) is 20.3 Å². The number of aromatic nitrogens is 1. The molecule has 8 heteroatoms. The largest absolute Gasteiger partial charge is 0.363 e. The molecule has 1 N–H and O–H groups in total. The first kappa shape index (κ1) is 19.9. The highest BCUT2D eigenvalue weighted by atomic mass is 32.2. The molecule has 2 aromatic rings. The van der Waals surface area contributed by atoms with Crippen molar-refractivity contribution in [2.75, 3.05) is 33.1 Å². The summed E-state index contributed by atoms with van der Waals surface area (Å²) in [4.78, 5) is 18.7. The Morgan fingerprint density at radius 2 is 1.65 bits per heavy atom. The third kappa shape index (κ3) is 4.39. The third-order valence-electron chi connectivity index (χ3n) is 3.97. The van der Waals surface area contributed by atoms with Gasteiger partial charge in [0.1, 0.15) is 5.82 Å². The number of anilines is 1. The highest BCUT2D eigenvalue weighted by molar-refractivity contribution is 7.89. The summed E-state index contributed by atoms with van der Waals surface area (Å²) in [5.74, 6) is 0.535. The number of hydrogen-bond donors (Lipinski definition) is 1. The molecule has 0 aliphatic rings. The lowest BCUT2D eigenvalue weighted by Crippen LogP contribution is -2.27. The quantitative estimate of drug-likeness (QED) is 0.832. The van der Waals surface area contributed by atoms with Gasteiger partial charge in [-0.15, -0.1) is 0 Å². The minimum Gasteiger partial charge on any atom is -0.363 e. The molecule has 1 aromatic heterocycles. The van der Waals surface area contributed by atoms with Crippen molar-refractivity contribution in [3.8, 4) is 0 Å². The fourth-order valence-corrected chi connectivity index (χ4v) is 3.19. The predicted molar refractivity (Wildman–Crippen MR) is 102 cm³/mol. The van der Waals surface area contributed by atoms with Crippen molar-refractivity contribution in [3.63, 3.8) is 0 Å². The van der Waals surface area contributed by atoms with Gasteiger partial charge in [-0.3, -0.25) is 4.79 Å². The Kier molecular flexibility index (Phi) is 5.99. The molecule has 1 amide bonds. The van der Waals surface area contributed by atoms with Gasteiger partial charge in [0.05, 0.1) is 16.5 Å². The van der Waals surface area contributed by atoms with Gasteiger partial charge in [-0.2, -0.15) is 0 Å². The number of benzene rings is 1. The SMILES string of the molecule is CC(NC(=O)c1ccc(N(C)C)nc1)c1ccc(S(=O)(=O)N(C)C)cc1. The standard InChI is InChI=1S/C18H24N4O3S/c1-13(14-6-9-16(10-7-14)26(24,25)22(4)5)20-18(23)15-8-11-17(19-12-15)21(2)3/h6-13H,1-5H3,(H,20,23). The number of hydrogen-bond acceptors (Lipinski definition) is 5. The number of nitrogens with zero attached hydrogens (tertiary/aromatic N) is 3. The van der Waals surface area contributed by atoms with Gasteiger partial charge in [0.2, 0.25) is 10.0 Å². The monoisotopic (exact) mass is 376 g/mol.